The third-order valence-electron chi connectivity index (χ3n) is 1.36. The summed E-state index contributed by atoms with van der Waals surface area (Å²) in [5.41, 5.74) is 0. The van der Waals surface area contributed by atoms with Crippen molar-refractivity contribution in [1.82, 2.24) is 0 Å². The molecule has 0 aliphatic rings. The number of alkyl halides is 3. The molecule has 0 aliphatic carbocycles. The molecule has 0 aromatic heterocycles. The molecule has 1 aromatic carbocycles. The van der Waals surface area contributed by atoms with E-state index < -0.39 is 13.8 Å². The van der Waals surface area contributed by atoms with Gasteiger partial charge >= 0.3 is 3.92 Å². The van der Waals surface area contributed by atoms with Gasteiger partial charge in [0.2, 0.25) is 9.84 Å². The summed E-state index contributed by atoms with van der Waals surface area (Å²) in [5, 5.41) is 0. The molecule has 13 heavy (non-hydrogen) atoms. The summed E-state index contributed by atoms with van der Waals surface area (Å²) in [4.78, 5) is -0.248. The molecule has 0 saturated carbocycles. The molecule has 0 amide bonds. The molecule has 2 nitrogen and oxygen atoms in total. The van der Waals surface area contributed by atoms with E-state index in [9.17, 15) is 12.8 Å². The summed E-state index contributed by atoms with van der Waals surface area (Å²) in [6.45, 7) is 0. The van der Waals surface area contributed by atoms with Crippen LogP contribution in [0, 0.1) is 0 Å². The Morgan fingerprint density at radius 2 is 1.62 bits per heavy atom. The average Bonchev–Trinajstić information content (AvgIpc) is 2.04. The van der Waals surface area contributed by atoms with Gasteiger partial charge in [-0.25, -0.2) is 8.42 Å². The van der Waals surface area contributed by atoms with Crippen LogP contribution in [-0.2, 0) is 9.84 Å². The molecule has 0 aliphatic heterocycles. The molecule has 72 valence electrons. The number of rotatable bonds is 2. The summed E-state index contributed by atoms with van der Waals surface area (Å²) < 4.78 is 31.9. The Morgan fingerprint density at radius 1 is 1.15 bits per heavy atom. The number of benzene rings is 1. The van der Waals surface area contributed by atoms with E-state index in [0.29, 0.717) is 0 Å². The van der Waals surface area contributed by atoms with E-state index in [1.165, 1.54) is 24.3 Å². The zero-order valence-corrected chi connectivity index (χ0v) is 8.57. The Morgan fingerprint density at radius 3 is 2.00 bits per heavy atom. The minimum Gasteiger partial charge on any atom is -0.218 e. The highest BCUT2D eigenvalue weighted by Crippen LogP contribution is 2.34. The molecule has 0 spiro atoms. The third kappa shape index (κ3) is 2.13. The number of halogens is 3. The van der Waals surface area contributed by atoms with Gasteiger partial charge in [0.05, 0.1) is 4.90 Å². The molecule has 0 heterocycles. The molecule has 0 radical (unpaired) electrons. The minimum absolute atomic E-state index is 0.248. The van der Waals surface area contributed by atoms with Gasteiger partial charge < -0.3 is 0 Å². The lowest BCUT2D eigenvalue weighted by Gasteiger charge is -2.09. The van der Waals surface area contributed by atoms with Crippen molar-refractivity contribution >= 4 is 33.0 Å². The predicted molar refractivity (Wildman–Crippen MR) is 49.2 cm³/mol. The Hall–Kier alpha value is -0.320. The normalized spacial score (nSPS) is 12.8. The van der Waals surface area contributed by atoms with E-state index in [4.69, 9.17) is 23.2 Å². The van der Waals surface area contributed by atoms with Gasteiger partial charge in [-0.3, -0.25) is 0 Å². The SMILES string of the molecule is O=S(=O)(c1ccccc1)C(F)(Cl)Cl. The van der Waals surface area contributed by atoms with Crippen molar-refractivity contribution in [2.24, 2.45) is 0 Å². The minimum atomic E-state index is -4.31. The first-order valence-corrected chi connectivity index (χ1v) is 5.46. The third-order valence-corrected chi connectivity index (χ3v) is 4.08. The predicted octanol–water partition coefficient (Wildman–Crippen LogP) is 2.52. The first-order valence-electron chi connectivity index (χ1n) is 3.22. The lowest BCUT2D eigenvalue weighted by molar-refractivity contribution is 0.469. The molecule has 0 saturated heterocycles. The van der Waals surface area contributed by atoms with Crippen molar-refractivity contribution in [2.45, 2.75) is 8.81 Å². The molecular weight excluding hydrogens is 238 g/mol. The van der Waals surface area contributed by atoms with Crippen molar-refractivity contribution in [3.63, 3.8) is 0 Å². The second kappa shape index (κ2) is 3.44. The van der Waals surface area contributed by atoms with Gasteiger partial charge in [-0.05, 0) is 35.3 Å². The first kappa shape index (κ1) is 10.8. The van der Waals surface area contributed by atoms with Crippen LogP contribution in [-0.4, -0.2) is 12.3 Å². The van der Waals surface area contributed by atoms with E-state index in [0.717, 1.165) is 0 Å². The van der Waals surface area contributed by atoms with E-state index in [1.54, 1.807) is 6.07 Å². The van der Waals surface area contributed by atoms with Crippen LogP contribution in [0.3, 0.4) is 0 Å². The first-order chi connectivity index (χ1) is 5.86. The largest absolute Gasteiger partial charge is 0.362 e. The summed E-state index contributed by atoms with van der Waals surface area (Å²) in [6, 6.07) is 6.93. The quantitative estimate of drug-likeness (QED) is 0.748. The molecule has 6 heteroatoms. The zero-order chi connectivity index (χ0) is 10.1. The lowest BCUT2D eigenvalue weighted by Crippen LogP contribution is -2.20. The summed E-state index contributed by atoms with van der Waals surface area (Å²) in [6.07, 6.45) is 0. The Labute approximate surface area is 85.2 Å². The number of sulfone groups is 1. The zero-order valence-electron chi connectivity index (χ0n) is 6.25. The highest BCUT2D eigenvalue weighted by atomic mass is 35.5. The van der Waals surface area contributed by atoms with E-state index in [-0.39, 0.29) is 4.90 Å². The van der Waals surface area contributed by atoms with Crippen LogP contribution < -0.4 is 0 Å². The Bertz CT molecular complexity index is 383. The Balaban J connectivity index is 3.26. The molecule has 1 rings (SSSR count). The van der Waals surface area contributed by atoms with Crippen molar-refractivity contribution in [3.8, 4) is 0 Å². The van der Waals surface area contributed by atoms with Crippen molar-refractivity contribution < 1.29 is 12.8 Å². The van der Waals surface area contributed by atoms with Crippen LogP contribution in [0.1, 0.15) is 0 Å². The number of hydrogen-bond donors (Lipinski definition) is 0. The van der Waals surface area contributed by atoms with Gasteiger partial charge in [-0.2, -0.15) is 4.39 Å². The average molecular weight is 243 g/mol. The second-order valence-corrected chi connectivity index (χ2v) is 5.99. The van der Waals surface area contributed by atoms with E-state index in [1.807, 2.05) is 0 Å². The molecule has 0 bridgehead atoms. The molecule has 0 atom stereocenters. The smallest absolute Gasteiger partial charge is 0.218 e. The fourth-order valence-electron chi connectivity index (χ4n) is 0.733. The fourth-order valence-corrected chi connectivity index (χ4v) is 2.05. The monoisotopic (exact) mass is 242 g/mol. The van der Waals surface area contributed by atoms with Gasteiger partial charge in [0.15, 0.2) is 0 Å². The van der Waals surface area contributed by atoms with Crippen molar-refractivity contribution in [2.75, 3.05) is 0 Å². The van der Waals surface area contributed by atoms with Crippen molar-refractivity contribution in [3.05, 3.63) is 30.3 Å². The van der Waals surface area contributed by atoms with Gasteiger partial charge in [-0.15, -0.1) is 0 Å². The molecule has 0 unspecified atom stereocenters. The van der Waals surface area contributed by atoms with Gasteiger partial charge in [0.1, 0.15) is 0 Å². The standard InChI is InChI=1S/C7H5Cl2FO2S/c8-7(9,10)13(11,12)6-4-2-1-3-5-6/h1-5H. The second-order valence-electron chi connectivity index (χ2n) is 2.26. The summed E-state index contributed by atoms with van der Waals surface area (Å²) in [7, 11) is -4.31. The lowest BCUT2D eigenvalue weighted by atomic mass is 10.4. The van der Waals surface area contributed by atoms with Crippen LogP contribution >= 0.6 is 23.2 Å². The number of hydrogen-bond acceptors (Lipinski definition) is 2. The topological polar surface area (TPSA) is 34.1 Å². The maximum absolute atomic E-state index is 12.8. The highest BCUT2D eigenvalue weighted by Gasteiger charge is 2.41. The van der Waals surface area contributed by atoms with Crippen LogP contribution in [0.15, 0.2) is 35.2 Å². The van der Waals surface area contributed by atoms with Crippen LogP contribution in [0.25, 0.3) is 0 Å². The van der Waals surface area contributed by atoms with Crippen molar-refractivity contribution in [1.29, 1.82) is 0 Å². The van der Waals surface area contributed by atoms with Gasteiger partial charge in [0, 0.05) is 0 Å². The molecule has 0 N–H and O–H groups in total. The van der Waals surface area contributed by atoms with E-state index in [2.05, 4.69) is 0 Å². The summed E-state index contributed by atoms with van der Waals surface area (Å²) in [5.74, 6) is 0. The van der Waals surface area contributed by atoms with Crippen LogP contribution in [0.4, 0.5) is 4.39 Å². The molecule has 1 aromatic rings. The van der Waals surface area contributed by atoms with Crippen LogP contribution in [0.2, 0.25) is 0 Å². The molecular formula is C7H5Cl2FO2S. The maximum Gasteiger partial charge on any atom is 0.362 e. The van der Waals surface area contributed by atoms with Gasteiger partial charge in [0.25, 0.3) is 0 Å². The van der Waals surface area contributed by atoms with Crippen LogP contribution in [0.5, 0.6) is 0 Å². The molecule has 0 fully saturated rings. The fraction of sp³-hybridized carbons (Fsp3) is 0.143. The summed E-state index contributed by atoms with van der Waals surface area (Å²) >= 11 is 9.74. The maximum atomic E-state index is 12.8. The van der Waals surface area contributed by atoms with E-state index >= 15 is 0 Å². The van der Waals surface area contributed by atoms with Gasteiger partial charge in [-0.1, -0.05) is 18.2 Å². The Kier molecular flexibility index (Phi) is 2.85. The highest BCUT2D eigenvalue weighted by molar-refractivity contribution is 7.95.